The highest BCUT2D eigenvalue weighted by atomic mass is 31.2. The van der Waals surface area contributed by atoms with E-state index >= 15 is 0 Å². The molecular weight excluding hydrogens is 413 g/mol. The molecular formula is C23H26N3O4P. The Morgan fingerprint density at radius 1 is 0.839 bits per heavy atom. The third-order valence-electron chi connectivity index (χ3n) is 4.37. The summed E-state index contributed by atoms with van der Waals surface area (Å²) in [6.45, 7) is 3.92. The van der Waals surface area contributed by atoms with Gasteiger partial charge in [0, 0.05) is 11.3 Å². The molecule has 0 bridgehead atoms. The molecule has 0 aromatic heterocycles. The van der Waals surface area contributed by atoms with Crippen LogP contribution in [0.15, 0.2) is 89.1 Å². The third-order valence-corrected chi connectivity index (χ3v) is 6.65. The molecule has 0 radical (unpaired) electrons. The summed E-state index contributed by atoms with van der Waals surface area (Å²) in [5.74, 6) is -0.877. The van der Waals surface area contributed by atoms with Crippen molar-refractivity contribution in [1.29, 1.82) is 0 Å². The molecule has 0 amide bonds. The van der Waals surface area contributed by atoms with E-state index in [9.17, 15) is 9.67 Å². The van der Waals surface area contributed by atoms with Gasteiger partial charge in [0.25, 0.3) is 0 Å². The first-order valence-electron chi connectivity index (χ1n) is 10.1. The number of phenols is 1. The molecule has 0 aliphatic carbocycles. The minimum Gasteiger partial charge on any atom is -0.508 e. The highest BCUT2D eigenvalue weighted by molar-refractivity contribution is 7.54. The lowest BCUT2D eigenvalue weighted by atomic mass is 10.2. The van der Waals surface area contributed by atoms with Crippen LogP contribution in [0.25, 0.3) is 0 Å². The highest BCUT2D eigenvalue weighted by Crippen LogP contribution is 2.61. The molecule has 0 aliphatic heterocycles. The van der Waals surface area contributed by atoms with Crippen molar-refractivity contribution in [2.45, 2.75) is 19.6 Å². The first kappa shape index (κ1) is 22.7. The van der Waals surface area contributed by atoms with Gasteiger partial charge in [0.2, 0.25) is 0 Å². The lowest BCUT2D eigenvalue weighted by Crippen LogP contribution is -2.15. The molecule has 1 unspecified atom stereocenters. The zero-order valence-electron chi connectivity index (χ0n) is 17.5. The Bertz CT molecular complexity index is 1030. The summed E-state index contributed by atoms with van der Waals surface area (Å²) < 4.78 is 24.6. The first-order valence-corrected chi connectivity index (χ1v) is 11.7. The Balaban J connectivity index is 1.86. The van der Waals surface area contributed by atoms with Crippen molar-refractivity contribution in [2.24, 2.45) is 10.2 Å². The number of hydrogen-bond donors (Lipinski definition) is 2. The van der Waals surface area contributed by atoms with Gasteiger partial charge in [-0.25, -0.2) is 0 Å². The summed E-state index contributed by atoms with van der Waals surface area (Å²) in [6, 6.07) is 23.3. The van der Waals surface area contributed by atoms with E-state index in [1.807, 2.05) is 30.3 Å². The molecule has 162 valence electrons. The van der Waals surface area contributed by atoms with Crippen LogP contribution in [0.5, 0.6) is 5.75 Å². The lowest BCUT2D eigenvalue weighted by molar-refractivity contribution is 0.213. The monoisotopic (exact) mass is 439 g/mol. The smallest absolute Gasteiger partial charge is 0.357 e. The van der Waals surface area contributed by atoms with E-state index in [1.54, 1.807) is 62.4 Å². The normalized spacial score (nSPS) is 12.7. The van der Waals surface area contributed by atoms with Gasteiger partial charge in [-0.3, -0.25) is 4.57 Å². The molecule has 3 aromatic carbocycles. The van der Waals surface area contributed by atoms with E-state index < -0.39 is 13.4 Å². The fourth-order valence-corrected chi connectivity index (χ4v) is 4.94. The Kier molecular flexibility index (Phi) is 7.95. The molecule has 7 nitrogen and oxygen atoms in total. The van der Waals surface area contributed by atoms with Crippen LogP contribution in [0.3, 0.4) is 0 Å². The zero-order valence-corrected chi connectivity index (χ0v) is 18.4. The largest absolute Gasteiger partial charge is 0.508 e. The Morgan fingerprint density at radius 2 is 1.39 bits per heavy atom. The van der Waals surface area contributed by atoms with Crippen LogP contribution in [-0.4, -0.2) is 18.3 Å². The van der Waals surface area contributed by atoms with E-state index in [-0.39, 0.29) is 19.0 Å². The number of nitrogens with one attached hydrogen (secondary N) is 1. The quantitative estimate of drug-likeness (QED) is 0.258. The van der Waals surface area contributed by atoms with Gasteiger partial charge in [0.05, 0.1) is 24.6 Å². The maximum Gasteiger partial charge on any atom is 0.357 e. The van der Waals surface area contributed by atoms with Crippen LogP contribution in [0.1, 0.15) is 25.2 Å². The number of benzene rings is 3. The summed E-state index contributed by atoms with van der Waals surface area (Å²) in [5, 5.41) is 22.0. The first-order chi connectivity index (χ1) is 15.1. The Hall–Kier alpha value is -2.99. The predicted molar refractivity (Wildman–Crippen MR) is 122 cm³/mol. The highest BCUT2D eigenvalue weighted by Gasteiger charge is 2.38. The van der Waals surface area contributed by atoms with Crippen LogP contribution in [0, 0.1) is 0 Å². The van der Waals surface area contributed by atoms with E-state index in [0.29, 0.717) is 16.9 Å². The molecule has 1 atom stereocenters. The average Bonchev–Trinajstić information content (AvgIpc) is 2.78. The van der Waals surface area contributed by atoms with E-state index in [4.69, 9.17) is 9.05 Å². The van der Waals surface area contributed by atoms with Crippen molar-refractivity contribution in [3.63, 3.8) is 0 Å². The van der Waals surface area contributed by atoms with Gasteiger partial charge in [-0.15, -0.1) is 0 Å². The minimum absolute atomic E-state index is 0.00733. The van der Waals surface area contributed by atoms with Crippen LogP contribution in [0.4, 0.5) is 17.1 Å². The number of nitrogens with zero attached hydrogens (tertiary/aromatic N) is 2. The fourth-order valence-electron chi connectivity index (χ4n) is 2.98. The second-order valence-corrected chi connectivity index (χ2v) is 8.68. The molecule has 31 heavy (non-hydrogen) atoms. The van der Waals surface area contributed by atoms with Gasteiger partial charge >= 0.3 is 7.60 Å². The summed E-state index contributed by atoms with van der Waals surface area (Å²) in [7, 11) is -3.62. The van der Waals surface area contributed by atoms with Gasteiger partial charge in [0.1, 0.15) is 5.75 Å². The topological polar surface area (TPSA) is 92.5 Å². The SMILES string of the molecule is CCOP(=O)(OCC)C(Nc1ccc(N=Nc2ccccc2)cc1)c1ccccc1O. The summed E-state index contributed by atoms with van der Waals surface area (Å²) >= 11 is 0. The molecule has 0 saturated heterocycles. The molecule has 8 heteroatoms. The zero-order chi connectivity index (χ0) is 22.1. The van der Waals surface area contributed by atoms with Crippen molar-refractivity contribution < 1.29 is 18.7 Å². The number of hydrogen-bond acceptors (Lipinski definition) is 7. The maximum absolute atomic E-state index is 13.5. The van der Waals surface area contributed by atoms with Crippen molar-refractivity contribution in [1.82, 2.24) is 0 Å². The predicted octanol–water partition coefficient (Wildman–Crippen LogP) is 7.18. The van der Waals surface area contributed by atoms with Gasteiger partial charge in [-0.05, 0) is 56.3 Å². The Morgan fingerprint density at radius 3 is 1.97 bits per heavy atom. The molecule has 2 N–H and O–H groups in total. The van der Waals surface area contributed by atoms with Crippen LogP contribution in [-0.2, 0) is 13.6 Å². The maximum atomic E-state index is 13.5. The Labute approximate surface area is 182 Å². The summed E-state index contributed by atoms with van der Waals surface area (Å²) in [6.07, 6.45) is 0. The summed E-state index contributed by atoms with van der Waals surface area (Å²) in [4.78, 5) is 0. The van der Waals surface area contributed by atoms with Crippen LogP contribution in [0.2, 0.25) is 0 Å². The van der Waals surface area contributed by atoms with Crippen molar-refractivity contribution in [3.8, 4) is 5.75 Å². The van der Waals surface area contributed by atoms with E-state index in [0.717, 1.165) is 5.69 Å². The number of phenolic OH excluding ortho intramolecular Hbond substituents is 1. The van der Waals surface area contributed by atoms with Gasteiger partial charge < -0.3 is 19.5 Å². The van der Waals surface area contributed by atoms with Crippen LogP contribution < -0.4 is 5.32 Å². The molecule has 0 aliphatic rings. The molecule has 0 saturated carbocycles. The van der Waals surface area contributed by atoms with E-state index in [1.165, 1.54) is 0 Å². The summed E-state index contributed by atoms with van der Waals surface area (Å²) in [5.41, 5.74) is 2.54. The molecule has 0 spiro atoms. The number of azo groups is 1. The van der Waals surface area contributed by atoms with Crippen molar-refractivity contribution in [2.75, 3.05) is 18.5 Å². The minimum atomic E-state index is -3.62. The van der Waals surface area contributed by atoms with Crippen LogP contribution >= 0.6 is 7.60 Å². The lowest BCUT2D eigenvalue weighted by Gasteiger charge is -2.28. The number of para-hydroxylation sites is 1. The fraction of sp³-hybridized carbons (Fsp3) is 0.217. The van der Waals surface area contributed by atoms with Gasteiger partial charge in [0.15, 0.2) is 5.78 Å². The molecule has 0 fully saturated rings. The second-order valence-electron chi connectivity index (χ2n) is 6.56. The molecule has 3 aromatic rings. The van der Waals surface area contributed by atoms with Crippen molar-refractivity contribution >= 4 is 24.7 Å². The molecule has 0 heterocycles. The number of aromatic hydroxyl groups is 1. The van der Waals surface area contributed by atoms with E-state index in [2.05, 4.69) is 15.5 Å². The third kappa shape index (κ3) is 6.01. The standard InChI is InChI=1S/C23H26N3O4P/c1-3-29-31(28,30-4-2)23(21-12-8-9-13-22(21)27)24-18-14-16-20(17-15-18)26-25-19-10-6-5-7-11-19/h5-17,23-24,27H,3-4H2,1-2H3. The van der Waals surface area contributed by atoms with Crippen molar-refractivity contribution in [3.05, 3.63) is 84.4 Å². The van der Waals surface area contributed by atoms with Gasteiger partial charge in [-0.2, -0.15) is 10.2 Å². The second kappa shape index (κ2) is 10.9. The van der Waals surface area contributed by atoms with Gasteiger partial charge in [-0.1, -0.05) is 36.4 Å². The number of anilines is 1. The number of rotatable bonds is 10. The molecule has 3 rings (SSSR count). The average molecular weight is 439 g/mol.